The highest BCUT2D eigenvalue weighted by Crippen LogP contribution is 2.44. The maximum atomic E-state index is 15.4. The number of nitrogens with two attached hydrogens (primary N) is 1. The molecule has 2 aliphatic heterocycles. The Morgan fingerprint density at radius 3 is 2.45 bits per heavy atom. The summed E-state index contributed by atoms with van der Waals surface area (Å²) in [4.78, 5) is 49.7. The Bertz CT molecular complexity index is 1740. The van der Waals surface area contributed by atoms with Crippen LogP contribution in [-0.2, 0) is 16.1 Å². The summed E-state index contributed by atoms with van der Waals surface area (Å²) in [5, 5.41) is 13.9. The maximum Gasteiger partial charge on any atom is 0.471 e. The maximum absolute atomic E-state index is 15.4. The molecule has 0 bridgehead atoms. The number of carbonyl (C=O) groups is 3. The monoisotopic (exact) mass is 670 g/mol. The van der Waals surface area contributed by atoms with Crippen LogP contribution in [0.1, 0.15) is 28.8 Å². The van der Waals surface area contributed by atoms with E-state index in [9.17, 15) is 41.4 Å². The number of amides is 3. The van der Waals surface area contributed by atoms with Crippen molar-refractivity contribution in [3.05, 3.63) is 35.8 Å². The van der Waals surface area contributed by atoms with Crippen LogP contribution in [0.4, 0.5) is 32.2 Å². The van der Waals surface area contributed by atoms with Gasteiger partial charge in [-0.25, -0.2) is 27.7 Å². The minimum absolute atomic E-state index is 0.0991. The minimum Gasteiger partial charge on any atom is -0.480 e. The van der Waals surface area contributed by atoms with Crippen molar-refractivity contribution >= 4 is 29.1 Å². The predicted molar refractivity (Wildman–Crippen MR) is 149 cm³/mol. The Hall–Kier alpha value is -4.52. The molecule has 3 aromatic heterocycles. The summed E-state index contributed by atoms with van der Waals surface area (Å²) in [6, 6.07) is 0.655. The van der Waals surface area contributed by atoms with E-state index >= 15 is 4.39 Å². The van der Waals surface area contributed by atoms with Gasteiger partial charge in [0.15, 0.2) is 5.82 Å². The van der Waals surface area contributed by atoms with Crippen LogP contribution in [0.5, 0.6) is 5.88 Å². The van der Waals surface area contributed by atoms with Crippen molar-refractivity contribution in [3.8, 4) is 17.1 Å². The van der Waals surface area contributed by atoms with Crippen molar-refractivity contribution in [2.24, 2.45) is 5.92 Å². The second-order valence-electron chi connectivity index (χ2n) is 11.9. The van der Waals surface area contributed by atoms with Crippen LogP contribution < -0.4 is 10.5 Å². The van der Waals surface area contributed by atoms with Gasteiger partial charge in [-0.3, -0.25) is 24.2 Å². The smallest absolute Gasteiger partial charge is 0.471 e. The average molecular weight is 671 g/mol. The number of halogens is 6. The van der Waals surface area contributed by atoms with Gasteiger partial charge in [0.25, 0.3) is 5.91 Å². The van der Waals surface area contributed by atoms with E-state index in [2.05, 4.69) is 15.1 Å². The molecule has 5 heterocycles. The molecule has 0 unspecified atom stereocenters. The number of aromatic nitrogens is 4. The molecule has 0 spiro atoms. The van der Waals surface area contributed by atoms with E-state index in [1.54, 1.807) is 6.07 Å². The Morgan fingerprint density at radius 2 is 1.83 bits per heavy atom. The van der Waals surface area contributed by atoms with Gasteiger partial charge in [0.05, 0.1) is 31.5 Å². The van der Waals surface area contributed by atoms with E-state index in [4.69, 9.17) is 10.5 Å². The van der Waals surface area contributed by atoms with Crippen LogP contribution in [0.15, 0.2) is 24.7 Å². The van der Waals surface area contributed by atoms with Crippen molar-refractivity contribution in [1.29, 1.82) is 0 Å². The van der Waals surface area contributed by atoms with Crippen LogP contribution in [0.2, 0.25) is 0 Å². The van der Waals surface area contributed by atoms with E-state index in [1.165, 1.54) is 10.7 Å². The molecule has 13 nitrogen and oxygen atoms in total. The molecule has 0 aromatic carbocycles. The lowest BCUT2D eigenvalue weighted by atomic mass is 9.80. The number of aliphatic hydroxyl groups is 1. The highest BCUT2D eigenvalue weighted by Gasteiger charge is 2.55. The number of methoxy groups -OCH3 is 1. The van der Waals surface area contributed by atoms with Crippen molar-refractivity contribution in [2.75, 3.05) is 39.0 Å². The molecule has 3 aromatic rings. The number of anilines is 1. The number of ether oxygens (including phenoxy) is 1. The number of nitrogens with zero attached hydrogens (tertiary/aromatic N) is 7. The zero-order chi connectivity index (χ0) is 34.0. The fourth-order valence-corrected chi connectivity index (χ4v) is 6.22. The average Bonchev–Trinajstić information content (AvgIpc) is 3.55. The summed E-state index contributed by atoms with van der Waals surface area (Å²) in [6.07, 6.45) is -7.62. The number of alkyl halides is 6. The third-order valence-corrected chi connectivity index (χ3v) is 8.55. The fraction of sp³-hybridized carbons (Fsp3) is 0.500. The van der Waals surface area contributed by atoms with E-state index in [1.807, 2.05) is 4.90 Å². The second-order valence-corrected chi connectivity index (χ2v) is 11.9. The molecule has 252 valence electrons. The molecular formula is C28H28F6N8O5. The first-order valence-electron chi connectivity index (χ1n) is 14.4. The molecule has 2 atom stereocenters. The normalized spacial score (nSPS) is 21.8. The lowest BCUT2D eigenvalue weighted by Crippen LogP contribution is -2.54. The molecule has 2 saturated heterocycles. The van der Waals surface area contributed by atoms with E-state index < -0.39 is 91.4 Å². The Kier molecular flexibility index (Phi) is 8.02. The number of β-amino-alcohol motifs (C(OH)–C–C–N with tert-alkyl or cyclic N) is 1. The first kappa shape index (κ1) is 32.4. The van der Waals surface area contributed by atoms with Gasteiger partial charge in [-0.05, 0) is 17.7 Å². The summed E-state index contributed by atoms with van der Waals surface area (Å²) in [5.41, 5.74) is 6.92. The molecule has 3 aliphatic rings. The number of hydrogen-bond donors (Lipinski definition) is 2. The third kappa shape index (κ3) is 5.92. The first-order valence-corrected chi connectivity index (χ1v) is 14.4. The number of aliphatic hydroxyl groups excluding tert-OH is 1. The molecule has 3 N–H and O–H groups in total. The number of carbonyl (C=O) groups excluding carboxylic acids is 3. The number of hydrogen-bond acceptors (Lipinski definition) is 10. The number of fused-ring (bicyclic) bond motifs is 1. The number of rotatable bonds is 7. The molecule has 3 fully saturated rings. The fourth-order valence-electron chi connectivity index (χ4n) is 6.22. The lowest BCUT2D eigenvalue weighted by Gasteiger charge is -2.36. The van der Waals surface area contributed by atoms with Crippen LogP contribution in [0.25, 0.3) is 16.8 Å². The number of pyridine rings is 1. The SMILES string of the molecule is COc1ncc(-c2cc(CN3CC(O)C3)c3c(N)ncnn23)cc1C(=O)N(C(=O)C(F)(F)F)[C@@H]1CN(C(=O)C2CC(F)(F)C2)C[C@@H]1F. The van der Waals surface area contributed by atoms with Gasteiger partial charge < -0.3 is 20.5 Å². The van der Waals surface area contributed by atoms with Gasteiger partial charge in [0.1, 0.15) is 23.6 Å². The first-order chi connectivity index (χ1) is 22.1. The molecule has 0 radical (unpaired) electrons. The third-order valence-electron chi connectivity index (χ3n) is 8.55. The summed E-state index contributed by atoms with van der Waals surface area (Å²) in [5.74, 6) is -9.84. The van der Waals surface area contributed by atoms with Gasteiger partial charge in [-0.2, -0.15) is 18.3 Å². The zero-order valence-corrected chi connectivity index (χ0v) is 24.6. The van der Waals surface area contributed by atoms with Gasteiger partial charge in [0.2, 0.25) is 17.7 Å². The van der Waals surface area contributed by atoms with Crippen molar-refractivity contribution in [2.45, 2.75) is 49.8 Å². The molecule has 6 rings (SSSR count). The van der Waals surface area contributed by atoms with Crippen molar-refractivity contribution < 1.29 is 50.6 Å². The van der Waals surface area contributed by atoms with Gasteiger partial charge >= 0.3 is 12.1 Å². The molecule has 19 heteroatoms. The Balaban J connectivity index is 1.36. The predicted octanol–water partition coefficient (Wildman–Crippen LogP) is 1.68. The second kappa shape index (κ2) is 11.6. The van der Waals surface area contributed by atoms with Crippen molar-refractivity contribution in [3.63, 3.8) is 0 Å². The van der Waals surface area contributed by atoms with Gasteiger partial charge in [-0.15, -0.1) is 0 Å². The lowest BCUT2D eigenvalue weighted by molar-refractivity contribution is -0.184. The quantitative estimate of drug-likeness (QED) is 0.354. The summed E-state index contributed by atoms with van der Waals surface area (Å²) >= 11 is 0. The Morgan fingerprint density at radius 1 is 1.13 bits per heavy atom. The van der Waals surface area contributed by atoms with Crippen LogP contribution in [0.3, 0.4) is 0 Å². The summed E-state index contributed by atoms with van der Waals surface area (Å²) in [6.45, 7) is -0.504. The van der Waals surface area contributed by atoms with Crippen LogP contribution in [-0.4, -0.2) is 121 Å². The highest BCUT2D eigenvalue weighted by atomic mass is 19.4. The minimum atomic E-state index is -5.63. The standard InChI is InChI=1S/C28H28F6N8O5/c1-47-23-17(2-13(6-36-23)19-3-14(7-39-8-16(43)9-39)21-22(35)37-12-38-42(19)21)25(45)41(26(46)28(32,33)34)20-11-40(10-18(20)29)24(44)15-4-27(30,31)5-15/h2-3,6,12,15-16,18,20,43H,4-5,7-11H2,1H3,(H2,35,37,38)/t18-,20+/m0/s1. The van der Waals surface area contributed by atoms with Crippen molar-refractivity contribution in [1.82, 2.24) is 34.3 Å². The van der Waals surface area contributed by atoms with Gasteiger partial charge in [0, 0.05) is 56.7 Å². The summed E-state index contributed by atoms with van der Waals surface area (Å²) in [7, 11) is 1.08. The topological polar surface area (TPSA) is 159 Å². The number of imide groups is 1. The highest BCUT2D eigenvalue weighted by molar-refractivity contribution is 6.08. The zero-order valence-electron chi connectivity index (χ0n) is 24.6. The van der Waals surface area contributed by atoms with Crippen LogP contribution >= 0.6 is 0 Å². The van der Waals surface area contributed by atoms with Crippen LogP contribution in [0, 0.1) is 5.92 Å². The molecule has 3 amide bonds. The van der Waals surface area contributed by atoms with E-state index in [0.29, 0.717) is 30.7 Å². The van der Waals surface area contributed by atoms with Gasteiger partial charge in [-0.1, -0.05) is 0 Å². The molecule has 1 aliphatic carbocycles. The number of likely N-dealkylation sites (tertiary alicyclic amines) is 2. The van der Waals surface area contributed by atoms with E-state index in [-0.39, 0.29) is 22.0 Å². The van der Waals surface area contributed by atoms with E-state index in [0.717, 1.165) is 24.4 Å². The molecule has 1 saturated carbocycles. The Labute approximate surface area is 261 Å². The molecular weight excluding hydrogens is 642 g/mol. The number of nitrogen functional groups attached to an aromatic ring is 1. The summed E-state index contributed by atoms with van der Waals surface area (Å²) < 4.78 is 90.2. The largest absolute Gasteiger partial charge is 0.480 e. The molecule has 47 heavy (non-hydrogen) atoms.